The topological polar surface area (TPSA) is 79.7 Å². The first kappa shape index (κ1) is 14.9. The average Bonchev–Trinajstić information content (AvgIpc) is 2.88. The van der Waals surface area contributed by atoms with E-state index in [1.54, 1.807) is 12.3 Å². The van der Waals surface area contributed by atoms with E-state index in [-0.39, 0.29) is 5.92 Å². The first-order chi connectivity index (χ1) is 9.60. The number of carboxylic acid groups (broad SMARTS) is 1. The van der Waals surface area contributed by atoms with E-state index in [0.717, 1.165) is 24.4 Å². The molecule has 110 valence electrons. The van der Waals surface area contributed by atoms with Gasteiger partial charge in [-0.25, -0.2) is 9.78 Å². The second kappa shape index (κ2) is 6.81. The summed E-state index contributed by atoms with van der Waals surface area (Å²) in [5.74, 6) is -1.44. The number of carbonyl (C=O) groups is 2. The van der Waals surface area contributed by atoms with Crippen LogP contribution in [-0.4, -0.2) is 46.6 Å². The van der Waals surface area contributed by atoms with Gasteiger partial charge in [0.2, 0.25) is 0 Å². The van der Waals surface area contributed by atoms with Gasteiger partial charge >= 0.3 is 11.9 Å². The molecule has 1 atom stereocenters. The van der Waals surface area contributed by atoms with Crippen molar-refractivity contribution >= 4 is 23.3 Å². The third-order valence-electron chi connectivity index (χ3n) is 3.25. The minimum absolute atomic E-state index is 0.298. The maximum Gasteiger partial charge on any atom is 0.357 e. The molecule has 1 aliphatic heterocycles. The highest BCUT2D eigenvalue weighted by Crippen LogP contribution is 2.20. The first-order valence-electron chi connectivity index (χ1n) is 6.66. The standard InChI is InChI=1S/C13H18N2O4S/c1-2-19-13(18)10-8-20-11(14-10)7-15-5-3-4-9(6-15)12(16)17/h8-9H,2-7H2,1H3,(H,16,17). The quantitative estimate of drug-likeness (QED) is 0.832. The third kappa shape index (κ3) is 3.77. The Bertz CT molecular complexity index is 488. The molecule has 1 aromatic heterocycles. The van der Waals surface area contributed by atoms with Crippen LogP contribution in [0.2, 0.25) is 0 Å². The highest BCUT2D eigenvalue weighted by molar-refractivity contribution is 7.09. The predicted molar refractivity (Wildman–Crippen MR) is 73.7 cm³/mol. The number of carboxylic acids is 1. The molecule has 0 aliphatic carbocycles. The fourth-order valence-electron chi connectivity index (χ4n) is 2.27. The lowest BCUT2D eigenvalue weighted by Gasteiger charge is -2.29. The Labute approximate surface area is 121 Å². The van der Waals surface area contributed by atoms with Gasteiger partial charge in [0.1, 0.15) is 5.01 Å². The Morgan fingerprint density at radius 1 is 1.60 bits per heavy atom. The predicted octanol–water partition coefficient (Wildman–Crippen LogP) is 1.62. The molecule has 1 fully saturated rings. The van der Waals surface area contributed by atoms with Crippen LogP contribution in [0.5, 0.6) is 0 Å². The number of nitrogens with zero attached hydrogens (tertiary/aromatic N) is 2. The van der Waals surface area contributed by atoms with Gasteiger partial charge in [-0.3, -0.25) is 9.69 Å². The minimum Gasteiger partial charge on any atom is -0.481 e. The van der Waals surface area contributed by atoms with Crippen molar-refractivity contribution in [3.8, 4) is 0 Å². The molecular weight excluding hydrogens is 280 g/mol. The molecule has 0 saturated carbocycles. The number of rotatable bonds is 5. The molecule has 20 heavy (non-hydrogen) atoms. The van der Waals surface area contributed by atoms with Crippen molar-refractivity contribution in [3.05, 3.63) is 16.1 Å². The smallest absolute Gasteiger partial charge is 0.357 e. The number of carbonyl (C=O) groups excluding carboxylic acids is 1. The molecule has 0 amide bonds. The second-order valence-corrected chi connectivity index (χ2v) is 5.70. The number of likely N-dealkylation sites (tertiary alicyclic amines) is 1. The molecule has 7 heteroatoms. The fraction of sp³-hybridized carbons (Fsp3) is 0.615. The lowest BCUT2D eigenvalue weighted by atomic mass is 9.98. The van der Waals surface area contributed by atoms with Gasteiger partial charge in [-0.15, -0.1) is 11.3 Å². The summed E-state index contributed by atoms with van der Waals surface area (Å²) >= 11 is 1.41. The molecule has 1 aliphatic rings. The Morgan fingerprint density at radius 2 is 2.40 bits per heavy atom. The zero-order valence-electron chi connectivity index (χ0n) is 11.4. The monoisotopic (exact) mass is 298 g/mol. The van der Waals surface area contributed by atoms with Crippen LogP contribution in [0, 0.1) is 5.92 Å². The van der Waals surface area contributed by atoms with Crippen molar-refractivity contribution in [2.24, 2.45) is 5.92 Å². The normalized spacial score (nSPS) is 19.8. The van der Waals surface area contributed by atoms with Crippen LogP contribution in [0.3, 0.4) is 0 Å². The van der Waals surface area contributed by atoms with Crippen LogP contribution >= 0.6 is 11.3 Å². The van der Waals surface area contributed by atoms with Gasteiger partial charge in [0.15, 0.2) is 5.69 Å². The Hall–Kier alpha value is -1.47. The van der Waals surface area contributed by atoms with Gasteiger partial charge in [-0.05, 0) is 26.3 Å². The van der Waals surface area contributed by atoms with Crippen LogP contribution in [0.15, 0.2) is 5.38 Å². The van der Waals surface area contributed by atoms with Crippen molar-refractivity contribution in [2.45, 2.75) is 26.3 Å². The van der Waals surface area contributed by atoms with E-state index in [0.29, 0.717) is 25.4 Å². The van der Waals surface area contributed by atoms with Crippen molar-refractivity contribution in [1.29, 1.82) is 0 Å². The second-order valence-electron chi connectivity index (χ2n) is 4.76. The van der Waals surface area contributed by atoms with Gasteiger partial charge in [0.25, 0.3) is 0 Å². The van der Waals surface area contributed by atoms with E-state index in [4.69, 9.17) is 9.84 Å². The summed E-state index contributed by atoms with van der Waals surface area (Å²) in [5.41, 5.74) is 0.332. The molecular formula is C13H18N2O4S. The van der Waals surface area contributed by atoms with Crippen molar-refractivity contribution < 1.29 is 19.4 Å². The van der Waals surface area contributed by atoms with Gasteiger partial charge in [0, 0.05) is 11.9 Å². The van der Waals surface area contributed by atoms with Crippen LogP contribution in [0.4, 0.5) is 0 Å². The van der Waals surface area contributed by atoms with E-state index in [9.17, 15) is 9.59 Å². The van der Waals surface area contributed by atoms with Crippen molar-refractivity contribution in [3.63, 3.8) is 0 Å². The Balaban J connectivity index is 1.93. The lowest BCUT2D eigenvalue weighted by Crippen LogP contribution is -2.38. The molecule has 0 radical (unpaired) electrons. The summed E-state index contributed by atoms with van der Waals surface area (Å²) in [6.07, 6.45) is 1.62. The van der Waals surface area contributed by atoms with Crippen LogP contribution < -0.4 is 0 Å². The molecule has 1 unspecified atom stereocenters. The number of aliphatic carboxylic acids is 1. The lowest BCUT2D eigenvalue weighted by molar-refractivity contribution is -0.143. The number of aromatic nitrogens is 1. The van der Waals surface area contributed by atoms with Crippen LogP contribution in [0.25, 0.3) is 0 Å². The van der Waals surface area contributed by atoms with Crippen LogP contribution in [-0.2, 0) is 16.1 Å². The van der Waals surface area contributed by atoms with E-state index in [2.05, 4.69) is 9.88 Å². The highest BCUT2D eigenvalue weighted by atomic mass is 32.1. The average molecular weight is 298 g/mol. The van der Waals surface area contributed by atoms with E-state index in [1.165, 1.54) is 11.3 Å². The van der Waals surface area contributed by atoms with E-state index >= 15 is 0 Å². The van der Waals surface area contributed by atoms with E-state index < -0.39 is 11.9 Å². The van der Waals surface area contributed by atoms with E-state index in [1.807, 2.05) is 0 Å². The molecule has 2 heterocycles. The number of piperidine rings is 1. The summed E-state index contributed by atoms with van der Waals surface area (Å²) in [4.78, 5) is 28.9. The van der Waals surface area contributed by atoms with Crippen molar-refractivity contribution in [2.75, 3.05) is 19.7 Å². The zero-order valence-corrected chi connectivity index (χ0v) is 12.2. The Morgan fingerprint density at radius 3 is 3.10 bits per heavy atom. The van der Waals surface area contributed by atoms with Gasteiger partial charge in [-0.1, -0.05) is 0 Å². The summed E-state index contributed by atoms with van der Waals surface area (Å²) in [6.45, 7) is 4.10. The largest absolute Gasteiger partial charge is 0.481 e. The SMILES string of the molecule is CCOC(=O)c1csc(CN2CCCC(C(=O)O)C2)n1. The molecule has 1 N–H and O–H groups in total. The number of esters is 1. The maximum atomic E-state index is 11.5. The molecule has 0 aromatic carbocycles. The molecule has 1 saturated heterocycles. The highest BCUT2D eigenvalue weighted by Gasteiger charge is 2.26. The third-order valence-corrected chi connectivity index (χ3v) is 4.08. The molecule has 1 aromatic rings. The summed E-state index contributed by atoms with van der Waals surface area (Å²) in [5, 5.41) is 11.6. The molecule has 6 nitrogen and oxygen atoms in total. The van der Waals surface area contributed by atoms with Gasteiger partial charge < -0.3 is 9.84 Å². The molecule has 0 spiro atoms. The molecule has 2 rings (SSSR count). The fourth-order valence-corrected chi connectivity index (χ4v) is 3.08. The first-order valence-corrected chi connectivity index (χ1v) is 7.54. The van der Waals surface area contributed by atoms with Crippen molar-refractivity contribution in [1.82, 2.24) is 9.88 Å². The minimum atomic E-state index is -0.735. The Kier molecular flexibility index (Phi) is 5.08. The maximum absolute atomic E-state index is 11.5. The zero-order chi connectivity index (χ0) is 14.5. The number of thiazole rings is 1. The molecule has 0 bridgehead atoms. The number of hydrogen-bond acceptors (Lipinski definition) is 6. The summed E-state index contributed by atoms with van der Waals surface area (Å²) in [7, 11) is 0. The van der Waals surface area contributed by atoms with Gasteiger partial charge in [-0.2, -0.15) is 0 Å². The number of ether oxygens (including phenoxy) is 1. The number of hydrogen-bond donors (Lipinski definition) is 1. The summed E-state index contributed by atoms with van der Waals surface area (Å²) in [6, 6.07) is 0. The van der Waals surface area contributed by atoms with Crippen LogP contribution in [0.1, 0.15) is 35.3 Å². The summed E-state index contributed by atoms with van der Waals surface area (Å²) < 4.78 is 4.89. The van der Waals surface area contributed by atoms with Gasteiger partial charge in [0.05, 0.1) is 19.1 Å².